The van der Waals surface area contributed by atoms with Gasteiger partial charge in [0, 0.05) is 0 Å². The fraction of sp³-hybridized carbons (Fsp3) is 1.00. The van der Waals surface area contributed by atoms with Gasteiger partial charge in [-0.2, -0.15) is 0 Å². The molecule has 0 unspecified atom stereocenters. The molecule has 0 aromatic rings. The SMILES string of the molecule is C[SiH2]P=O. The van der Waals surface area contributed by atoms with Crippen LogP contribution in [0.2, 0.25) is 6.55 Å². The highest BCUT2D eigenvalue weighted by atomic mass is 31.3. The van der Waals surface area contributed by atoms with Crippen LogP contribution in [0.3, 0.4) is 0 Å². The highest BCUT2D eigenvalue weighted by Gasteiger charge is 1.58. The van der Waals surface area contributed by atoms with E-state index in [9.17, 15) is 4.57 Å². The molecule has 4 heavy (non-hydrogen) atoms. The summed E-state index contributed by atoms with van der Waals surface area (Å²) in [6.07, 6.45) is 0. The van der Waals surface area contributed by atoms with Gasteiger partial charge < -0.3 is 0 Å². The van der Waals surface area contributed by atoms with Gasteiger partial charge in [0.25, 0.3) is 0 Å². The molecule has 0 bridgehead atoms. The van der Waals surface area contributed by atoms with Gasteiger partial charge in [0.15, 0.2) is 0 Å². The Balaban J connectivity index is 2.30. The van der Waals surface area contributed by atoms with Crippen molar-refractivity contribution < 1.29 is 4.57 Å². The van der Waals surface area contributed by atoms with Crippen LogP contribution in [-0.4, -0.2) is 9.19 Å². The van der Waals surface area contributed by atoms with Gasteiger partial charge in [-0.3, -0.25) is 4.57 Å². The minimum absolute atomic E-state index is 0.159. The van der Waals surface area contributed by atoms with E-state index in [-0.39, 0.29) is 9.19 Å². The zero-order valence-electron chi connectivity index (χ0n) is 2.56. The molecule has 1 nitrogen and oxygen atoms in total. The Bertz CT molecular complexity index is 22.0. The van der Waals surface area contributed by atoms with Crippen molar-refractivity contribution in [2.75, 3.05) is 0 Å². The molecule has 0 spiro atoms. The van der Waals surface area contributed by atoms with E-state index in [0.29, 0.717) is 8.01 Å². The van der Waals surface area contributed by atoms with Gasteiger partial charge in [-0.15, -0.1) is 0 Å². The summed E-state index contributed by atoms with van der Waals surface area (Å²) in [5.41, 5.74) is 0. The first-order valence-corrected chi connectivity index (χ1v) is 5.52. The van der Waals surface area contributed by atoms with Gasteiger partial charge in [-0.1, -0.05) is 6.55 Å². The van der Waals surface area contributed by atoms with Crippen LogP contribution >= 0.6 is 8.01 Å². The fourth-order valence-corrected chi connectivity index (χ4v) is 0. The maximum atomic E-state index is 9.33. The quantitative estimate of drug-likeness (QED) is 0.338. The lowest BCUT2D eigenvalue weighted by Gasteiger charge is -1.46. The average molecular weight is 92.1 g/mol. The lowest BCUT2D eigenvalue weighted by atomic mass is 11.9. The summed E-state index contributed by atoms with van der Waals surface area (Å²) < 4.78 is 9.33. The van der Waals surface area contributed by atoms with Crippen LogP contribution in [0.5, 0.6) is 0 Å². The van der Waals surface area contributed by atoms with Crippen LogP contribution in [0.15, 0.2) is 0 Å². The summed E-state index contributed by atoms with van der Waals surface area (Å²) >= 11 is 0. The molecule has 0 aliphatic heterocycles. The number of hydrogen-bond acceptors (Lipinski definition) is 1. The summed E-state index contributed by atoms with van der Waals surface area (Å²) in [6.45, 7) is 1.99. The largest absolute Gasteiger partial charge is 0.283 e. The third-order valence-corrected chi connectivity index (χ3v) is 1.16. The van der Waals surface area contributed by atoms with Crippen LogP contribution in [-0.2, 0) is 4.57 Å². The molecule has 24 valence electrons. The monoisotopic (exact) mass is 92.0 g/mol. The van der Waals surface area contributed by atoms with E-state index in [0.717, 1.165) is 0 Å². The van der Waals surface area contributed by atoms with Crippen molar-refractivity contribution in [2.24, 2.45) is 0 Å². The van der Waals surface area contributed by atoms with Crippen molar-refractivity contribution >= 4 is 17.2 Å². The molecule has 0 aliphatic carbocycles. The molecule has 0 atom stereocenters. The van der Waals surface area contributed by atoms with E-state index in [4.69, 9.17) is 0 Å². The lowest BCUT2D eigenvalue weighted by Crippen LogP contribution is -1.48. The highest BCUT2D eigenvalue weighted by molar-refractivity contribution is 7.60. The number of rotatable bonds is 1. The second-order valence-electron chi connectivity index (χ2n) is 0.445. The first kappa shape index (κ1) is 4.32. The van der Waals surface area contributed by atoms with Crippen LogP contribution in [0, 0.1) is 0 Å². The van der Waals surface area contributed by atoms with Gasteiger partial charge in [0.2, 0.25) is 0 Å². The zero-order valence-corrected chi connectivity index (χ0v) is 4.87. The minimum Gasteiger partial charge on any atom is -0.283 e. The molecule has 0 amide bonds. The van der Waals surface area contributed by atoms with Crippen molar-refractivity contribution in [2.45, 2.75) is 6.55 Å². The van der Waals surface area contributed by atoms with Crippen molar-refractivity contribution in [3.05, 3.63) is 0 Å². The Labute approximate surface area is 29.3 Å². The Kier molecular flexibility index (Phi) is 3.58. The predicted octanol–water partition coefficient (Wildman–Crippen LogP) is 0.410. The van der Waals surface area contributed by atoms with Gasteiger partial charge >= 0.3 is 0 Å². The predicted molar refractivity (Wildman–Crippen MR) is 22.0 cm³/mol. The van der Waals surface area contributed by atoms with Gasteiger partial charge in [0.05, 0.1) is 0 Å². The van der Waals surface area contributed by atoms with Gasteiger partial charge in [-0.05, 0) is 0 Å². The molecule has 0 N–H and O–H groups in total. The first-order chi connectivity index (χ1) is 1.91. The molecule has 0 aromatic heterocycles. The lowest BCUT2D eigenvalue weighted by molar-refractivity contribution is 0.605. The molecular weight excluding hydrogens is 87.1 g/mol. The average Bonchev–Trinajstić information content (AvgIpc) is 1.37. The second kappa shape index (κ2) is 3.32. The molecular formula is CH5OPSi. The van der Waals surface area contributed by atoms with Gasteiger partial charge in [0.1, 0.15) is 17.2 Å². The summed E-state index contributed by atoms with van der Waals surface area (Å²) in [7, 11) is 0.228. The molecule has 0 saturated carbocycles. The van der Waals surface area contributed by atoms with E-state index >= 15 is 0 Å². The van der Waals surface area contributed by atoms with Crippen molar-refractivity contribution in [1.82, 2.24) is 0 Å². The normalized spacial score (nSPS) is 11.2. The van der Waals surface area contributed by atoms with Crippen molar-refractivity contribution in [3.63, 3.8) is 0 Å². The minimum atomic E-state index is -0.159. The second-order valence-corrected chi connectivity index (χ2v) is 4.01. The molecule has 0 radical (unpaired) electrons. The molecule has 3 heteroatoms. The Hall–Kier alpha value is 0.317. The maximum Gasteiger partial charge on any atom is 0.130 e. The van der Waals surface area contributed by atoms with Crippen molar-refractivity contribution in [3.8, 4) is 0 Å². The molecule has 0 aromatic carbocycles. The van der Waals surface area contributed by atoms with Crippen molar-refractivity contribution in [1.29, 1.82) is 0 Å². The summed E-state index contributed by atoms with van der Waals surface area (Å²) in [4.78, 5) is 0. The van der Waals surface area contributed by atoms with E-state index in [2.05, 4.69) is 0 Å². The summed E-state index contributed by atoms with van der Waals surface area (Å²) in [5.74, 6) is 0. The summed E-state index contributed by atoms with van der Waals surface area (Å²) in [6, 6.07) is 0. The Morgan fingerprint density at radius 3 is 2.25 bits per heavy atom. The van der Waals surface area contributed by atoms with E-state index in [1.807, 2.05) is 6.55 Å². The topological polar surface area (TPSA) is 17.1 Å². The fourth-order valence-electron chi connectivity index (χ4n) is 0. The highest BCUT2D eigenvalue weighted by Crippen LogP contribution is 1.78. The van der Waals surface area contributed by atoms with Crippen LogP contribution in [0.25, 0.3) is 0 Å². The van der Waals surface area contributed by atoms with Crippen LogP contribution in [0.1, 0.15) is 0 Å². The molecule has 0 aliphatic rings. The maximum absolute atomic E-state index is 9.33. The van der Waals surface area contributed by atoms with E-state index < -0.39 is 0 Å². The molecule has 0 heterocycles. The standard InChI is InChI=1S/CH5OPSi/c1-4-3-2/h4H2,1H3. The van der Waals surface area contributed by atoms with Gasteiger partial charge in [-0.25, -0.2) is 0 Å². The molecule has 0 fully saturated rings. The van der Waals surface area contributed by atoms with Crippen LogP contribution < -0.4 is 0 Å². The molecule has 0 rings (SSSR count). The first-order valence-electron chi connectivity index (χ1n) is 1.21. The van der Waals surface area contributed by atoms with Crippen LogP contribution in [0.4, 0.5) is 0 Å². The smallest absolute Gasteiger partial charge is 0.130 e. The van der Waals surface area contributed by atoms with E-state index in [1.165, 1.54) is 0 Å². The number of hydrogen-bond donors (Lipinski definition) is 0. The van der Waals surface area contributed by atoms with E-state index in [1.54, 1.807) is 0 Å². The zero-order chi connectivity index (χ0) is 3.41. The third-order valence-electron chi connectivity index (χ3n) is 0.129. The Morgan fingerprint density at radius 1 is 2.00 bits per heavy atom. The molecule has 0 saturated heterocycles. The third kappa shape index (κ3) is 2.32. The summed E-state index contributed by atoms with van der Waals surface area (Å²) in [5, 5.41) is 0. The Morgan fingerprint density at radius 2 is 2.25 bits per heavy atom.